The van der Waals surface area contributed by atoms with Gasteiger partial charge in [0, 0.05) is 11.3 Å². The summed E-state index contributed by atoms with van der Waals surface area (Å²) < 4.78 is 20.9. The number of ether oxygens (including phenoxy) is 1. The molecule has 3 aromatic rings. The van der Waals surface area contributed by atoms with E-state index in [0.29, 0.717) is 5.56 Å². The van der Waals surface area contributed by atoms with Gasteiger partial charge in [-0.05, 0) is 55.2 Å². The molecule has 2 aromatic carbocycles. The molecule has 0 aliphatic heterocycles. The molecule has 1 unspecified atom stereocenters. The van der Waals surface area contributed by atoms with E-state index in [1.165, 1.54) is 6.07 Å². The van der Waals surface area contributed by atoms with Crippen molar-refractivity contribution in [1.82, 2.24) is 15.1 Å². The molecular formula is C22H22FN3O2. The summed E-state index contributed by atoms with van der Waals surface area (Å²) in [6, 6.07) is 14.0. The smallest absolute Gasteiger partial charge is 0.225 e. The maximum Gasteiger partial charge on any atom is 0.225 e. The van der Waals surface area contributed by atoms with Crippen molar-refractivity contribution in [2.24, 2.45) is 0 Å². The Labute approximate surface area is 163 Å². The molecule has 0 saturated carbocycles. The van der Waals surface area contributed by atoms with Gasteiger partial charge in [-0.3, -0.25) is 4.79 Å². The summed E-state index contributed by atoms with van der Waals surface area (Å²) in [4.78, 5) is 12.5. The number of hydrogen-bond acceptors (Lipinski definition) is 3. The highest BCUT2D eigenvalue weighted by molar-refractivity contribution is 5.79. The van der Waals surface area contributed by atoms with Crippen LogP contribution in [-0.2, 0) is 17.6 Å². The monoisotopic (exact) mass is 379 g/mol. The molecule has 1 aliphatic rings. The van der Waals surface area contributed by atoms with Gasteiger partial charge >= 0.3 is 0 Å². The fourth-order valence-electron chi connectivity index (χ4n) is 3.71. The quantitative estimate of drug-likeness (QED) is 0.734. The summed E-state index contributed by atoms with van der Waals surface area (Å²) >= 11 is 0. The van der Waals surface area contributed by atoms with Crippen molar-refractivity contribution in [3.8, 4) is 11.4 Å². The van der Waals surface area contributed by atoms with Gasteiger partial charge in [-0.2, -0.15) is 5.10 Å². The fourth-order valence-corrected chi connectivity index (χ4v) is 3.71. The zero-order valence-electron chi connectivity index (χ0n) is 15.7. The Bertz CT molecular complexity index is 982. The van der Waals surface area contributed by atoms with E-state index in [1.807, 2.05) is 35.1 Å². The van der Waals surface area contributed by atoms with Crippen molar-refractivity contribution < 1.29 is 13.9 Å². The number of hydrogen-bond donors (Lipinski definition) is 1. The molecule has 1 atom stereocenters. The summed E-state index contributed by atoms with van der Waals surface area (Å²) in [5.41, 5.74) is 3.50. The molecular weight excluding hydrogens is 357 g/mol. The molecule has 1 aromatic heterocycles. The number of methoxy groups -OCH3 is 1. The van der Waals surface area contributed by atoms with Crippen LogP contribution in [0.1, 0.15) is 35.7 Å². The van der Waals surface area contributed by atoms with Gasteiger partial charge in [0.15, 0.2) is 0 Å². The van der Waals surface area contributed by atoms with Crippen LogP contribution < -0.4 is 10.1 Å². The number of halogens is 1. The molecule has 0 spiro atoms. The van der Waals surface area contributed by atoms with Gasteiger partial charge in [0.25, 0.3) is 0 Å². The maximum absolute atomic E-state index is 13.8. The van der Waals surface area contributed by atoms with Crippen molar-refractivity contribution >= 4 is 5.91 Å². The second-order valence-corrected chi connectivity index (χ2v) is 6.94. The third-order valence-electron chi connectivity index (χ3n) is 5.14. The Morgan fingerprint density at radius 3 is 2.79 bits per heavy atom. The van der Waals surface area contributed by atoms with Crippen LogP contribution in [-0.4, -0.2) is 22.8 Å². The van der Waals surface area contributed by atoms with E-state index in [4.69, 9.17) is 4.74 Å². The fraction of sp³-hybridized carbons (Fsp3) is 0.273. The van der Waals surface area contributed by atoms with E-state index in [-0.39, 0.29) is 24.2 Å². The summed E-state index contributed by atoms with van der Waals surface area (Å²) in [6.45, 7) is 0. The molecule has 4 rings (SSSR count). The third kappa shape index (κ3) is 3.63. The predicted molar refractivity (Wildman–Crippen MR) is 104 cm³/mol. The second-order valence-electron chi connectivity index (χ2n) is 6.94. The van der Waals surface area contributed by atoms with Gasteiger partial charge in [-0.15, -0.1) is 0 Å². The lowest BCUT2D eigenvalue weighted by molar-refractivity contribution is -0.121. The average Bonchev–Trinajstić information content (AvgIpc) is 3.15. The van der Waals surface area contributed by atoms with Crippen LogP contribution in [0.25, 0.3) is 5.69 Å². The van der Waals surface area contributed by atoms with Gasteiger partial charge in [0.05, 0.1) is 31.5 Å². The van der Waals surface area contributed by atoms with Crippen molar-refractivity contribution in [2.45, 2.75) is 31.7 Å². The SMILES string of the molecule is COc1ccc(-n2ncc3c2CCCC3NC(=O)Cc2ccccc2F)cc1. The minimum Gasteiger partial charge on any atom is -0.497 e. The first-order valence-electron chi connectivity index (χ1n) is 9.39. The Morgan fingerprint density at radius 1 is 1.25 bits per heavy atom. The van der Waals surface area contributed by atoms with Crippen molar-refractivity contribution in [2.75, 3.05) is 7.11 Å². The van der Waals surface area contributed by atoms with E-state index in [9.17, 15) is 9.18 Å². The first-order valence-corrected chi connectivity index (χ1v) is 9.39. The van der Waals surface area contributed by atoms with Crippen molar-refractivity contribution in [3.63, 3.8) is 0 Å². The largest absolute Gasteiger partial charge is 0.497 e. The average molecular weight is 379 g/mol. The van der Waals surface area contributed by atoms with Crippen LogP contribution in [0.2, 0.25) is 0 Å². The summed E-state index contributed by atoms with van der Waals surface area (Å²) in [7, 11) is 1.64. The topological polar surface area (TPSA) is 56.1 Å². The van der Waals surface area contributed by atoms with Gasteiger partial charge in [-0.25, -0.2) is 9.07 Å². The molecule has 0 bridgehead atoms. The zero-order chi connectivity index (χ0) is 19.5. The van der Waals surface area contributed by atoms with Crippen molar-refractivity contribution in [1.29, 1.82) is 0 Å². The van der Waals surface area contributed by atoms with E-state index >= 15 is 0 Å². The normalized spacial score (nSPS) is 15.7. The number of carbonyl (C=O) groups excluding carboxylic acids is 1. The van der Waals surface area contributed by atoms with Gasteiger partial charge in [0.2, 0.25) is 5.91 Å². The first-order chi connectivity index (χ1) is 13.7. The number of amides is 1. The number of rotatable bonds is 5. The number of carbonyl (C=O) groups is 1. The molecule has 0 saturated heterocycles. The number of nitrogens with zero attached hydrogens (tertiary/aromatic N) is 2. The maximum atomic E-state index is 13.8. The highest BCUT2D eigenvalue weighted by Crippen LogP contribution is 2.31. The van der Waals surface area contributed by atoms with Crippen molar-refractivity contribution in [3.05, 3.63) is 77.4 Å². The van der Waals surface area contributed by atoms with Gasteiger partial charge < -0.3 is 10.1 Å². The number of fused-ring (bicyclic) bond motifs is 1. The van der Waals surface area contributed by atoms with Crippen LogP contribution >= 0.6 is 0 Å². The first kappa shape index (κ1) is 18.2. The number of nitrogens with one attached hydrogen (secondary N) is 1. The van der Waals surface area contributed by atoms with E-state index in [1.54, 1.807) is 25.3 Å². The summed E-state index contributed by atoms with van der Waals surface area (Å²) in [5.74, 6) is 0.262. The molecule has 144 valence electrons. The lowest BCUT2D eigenvalue weighted by Crippen LogP contribution is -2.32. The molecule has 5 nitrogen and oxygen atoms in total. The van der Waals surface area contributed by atoms with Crippen LogP contribution in [0.5, 0.6) is 5.75 Å². The molecule has 0 fully saturated rings. The van der Waals surface area contributed by atoms with Crippen LogP contribution in [0.4, 0.5) is 4.39 Å². The van der Waals surface area contributed by atoms with Crippen LogP contribution in [0.15, 0.2) is 54.7 Å². The minimum atomic E-state index is -0.352. The number of benzene rings is 2. The minimum absolute atomic E-state index is 0.0329. The summed E-state index contributed by atoms with van der Waals surface area (Å²) in [6.07, 6.45) is 4.57. The molecule has 1 heterocycles. The Kier molecular flexibility index (Phi) is 5.10. The predicted octanol–water partition coefficient (Wildman–Crippen LogP) is 3.76. The lowest BCUT2D eigenvalue weighted by atomic mass is 9.92. The van der Waals surface area contributed by atoms with Crippen LogP contribution in [0.3, 0.4) is 0 Å². The van der Waals surface area contributed by atoms with E-state index in [2.05, 4.69) is 10.4 Å². The van der Waals surface area contributed by atoms with E-state index in [0.717, 1.165) is 42.0 Å². The zero-order valence-corrected chi connectivity index (χ0v) is 15.7. The molecule has 1 amide bonds. The number of aromatic nitrogens is 2. The highest BCUT2D eigenvalue weighted by Gasteiger charge is 2.26. The Hall–Kier alpha value is -3.15. The molecule has 6 heteroatoms. The molecule has 1 aliphatic carbocycles. The third-order valence-corrected chi connectivity index (χ3v) is 5.14. The molecule has 1 N–H and O–H groups in total. The van der Waals surface area contributed by atoms with Crippen LogP contribution in [0, 0.1) is 5.82 Å². The molecule has 28 heavy (non-hydrogen) atoms. The van der Waals surface area contributed by atoms with Gasteiger partial charge in [-0.1, -0.05) is 18.2 Å². The summed E-state index contributed by atoms with van der Waals surface area (Å²) in [5, 5.41) is 7.60. The highest BCUT2D eigenvalue weighted by atomic mass is 19.1. The second kappa shape index (κ2) is 7.84. The standard InChI is InChI=1S/C22H22FN3O2/c1-28-17-11-9-16(10-12-17)26-21-8-4-7-20(18(21)14-24-26)25-22(27)13-15-5-2-3-6-19(15)23/h2-3,5-6,9-12,14,20H,4,7-8,13H2,1H3,(H,25,27). The lowest BCUT2D eigenvalue weighted by Gasteiger charge is -2.24. The molecule has 0 radical (unpaired) electrons. The Morgan fingerprint density at radius 2 is 2.04 bits per heavy atom. The van der Waals surface area contributed by atoms with Gasteiger partial charge in [0.1, 0.15) is 11.6 Å². The van der Waals surface area contributed by atoms with E-state index < -0.39 is 0 Å². The Balaban J connectivity index is 1.52.